The molecule has 0 amide bonds. The average Bonchev–Trinajstić information content (AvgIpc) is 3.09. The van der Waals surface area contributed by atoms with Crippen molar-refractivity contribution in [1.29, 1.82) is 0 Å². The number of aromatic nitrogens is 2. The molecule has 1 saturated heterocycles. The zero-order chi connectivity index (χ0) is 14.8. The molecule has 110 valence electrons. The highest BCUT2D eigenvalue weighted by Crippen LogP contribution is 2.21. The summed E-state index contributed by atoms with van der Waals surface area (Å²) in [7, 11) is 0. The lowest BCUT2D eigenvalue weighted by atomic mass is 10.2. The van der Waals surface area contributed by atoms with Gasteiger partial charge in [0.2, 0.25) is 11.7 Å². The summed E-state index contributed by atoms with van der Waals surface area (Å²) in [6.07, 6.45) is 1.48. The van der Waals surface area contributed by atoms with Crippen LogP contribution >= 0.6 is 0 Å². The van der Waals surface area contributed by atoms with Gasteiger partial charge in [-0.1, -0.05) is 5.16 Å². The number of carboxylic acid groups (broad SMARTS) is 1. The van der Waals surface area contributed by atoms with Crippen molar-refractivity contribution in [2.24, 2.45) is 0 Å². The summed E-state index contributed by atoms with van der Waals surface area (Å²) in [5.74, 6) is -0.423. The van der Waals surface area contributed by atoms with Crippen LogP contribution < -0.4 is 0 Å². The van der Waals surface area contributed by atoms with E-state index in [-0.39, 0.29) is 5.82 Å². The van der Waals surface area contributed by atoms with E-state index in [1.807, 2.05) is 4.90 Å². The van der Waals surface area contributed by atoms with Crippen molar-refractivity contribution < 1.29 is 18.8 Å². The number of nitrogens with zero attached hydrogens (tertiary/aromatic N) is 3. The van der Waals surface area contributed by atoms with E-state index in [9.17, 15) is 9.18 Å². The first-order valence-corrected chi connectivity index (χ1v) is 6.69. The quantitative estimate of drug-likeness (QED) is 0.927. The Morgan fingerprint density at radius 1 is 1.43 bits per heavy atom. The molecule has 2 heterocycles. The third-order valence-corrected chi connectivity index (χ3v) is 3.56. The maximum Gasteiger partial charge on any atom is 0.320 e. The van der Waals surface area contributed by atoms with Crippen molar-refractivity contribution in [1.82, 2.24) is 15.0 Å². The van der Waals surface area contributed by atoms with Gasteiger partial charge in [-0.05, 0) is 43.7 Å². The molecule has 1 aromatic heterocycles. The van der Waals surface area contributed by atoms with Gasteiger partial charge in [0.05, 0.1) is 6.54 Å². The van der Waals surface area contributed by atoms with Crippen LogP contribution in [0.3, 0.4) is 0 Å². The lowest BCUT2D eigenvalue weighted by Crippen LogP contribution is -2.35. The molecular weight excluding hydrogens is 277 g/mol. The van der Waals surface area contributed by atoms with Crippen LogP contribution in [0.25, 0.3) is 11.4 Å². The summed E-state index contributed by atoms with van der Waals surface area (Å²) in [6.45, 7) is 1.01. The summed E-state index contributed by atoms with van der Waals surface area (Å²) in [4.78, 5) is 17.2. The van der Waals surface area contributed by atoms with E-state index in [2.05, 4.69) is 10.1 Å². The van der Waals surface area contributed by atoms with Gasteiger partial charge in [-0.25, -0.2) is 4.39 Å². The van der Waals surface area contributed by atoms with Crippen molar-refractivity contribution in [3.05, 3.63) is 36.0 Å². The minimum Gasteiger partial charge on any atom is -0.480 e. The van der Waals surface area contributed by atoms with Crippen molar-refractivity contribution in [3.8, 4) is 11.4 Å². The monoisotopic (exact) mass is 291 g/mol. The number of halogens is 1. The van der Waals surface area contributed by atoms with Crippen molar-refractivity contribution in [3.63, 3.8) is 0 Å². The smallest absolute Gasteiger partial charge is 0.320 e. The summed E-state index contributed by atoms with van der Waals surface area (Å²) in [5.41, 5.74) is 0.655. The highest BCUT2D eigenvalue weighted by Gasteiger charge is 2.31. The van der Waals surface area contributed by atoms with Crippen LogP contribution in [0.1, 0.15) is 18.7 Å². The van der Waals surface area contributed by atoms with Crippen molar-refractivity contribution in [2.75, 3.05) is 6.54 Å². The fourth-order valence-electron chi connectivity index (χ4n) is 2.50. The molecule has 7 heteroatoms. The highest BCUT2D eigenvalue weighted by atomic mass is 19.1. The molecule has 1 N–H and O–H groups in total. The molecule has 2 aromatic rings. The fraction of sp³-hybridized carbons (Fsp3) is 0.357. The second-order valence-electron chi connectivity index (χ2n) is 4.99. The first-order valence-electron chi connectivity index (χ1n) is 6.69. The standard InChI is InChI=1S/C14H14FN3O3/c15-10-5-3-9(4-6-10)13-16-12(21-17-13)8-18-7-1-2-11(18)14(19)20/h3-6,11H,1-2,7-8H2,(H,19,20). The van der Waals surface area contributed by atoms with Gasteiger partial charge in [-0.2, -0.15) is 4.98 Å². The number of carboxylic acids is 1. The first-order chi connectivity index (χ1) is 10.1. The van der Waals surface area contributed by atoms with Crippen LogP contribution in [-0.2, 0) is 11.3 Å². The molecule has 1 aliphatic rings. The Bertz CT molecular complexity index is 641. The SMILES string of the molecule is O=C(O)C1CCCN1Cc1nc(-c2ccc(F)cc2)no1. The Hall–Kier alpha value is -2.28. The molecule has 1 aliphatic heterocycles. The van der Waals surface area contributed by atoms with Crippen LogP contribution in [0.15, 0.2) is 28.8 Å². The molecule has 1 unspecified atom stereocenters. The average molecular weight is 291 g/mol. The molecule has 1 atom stereocenters. The Kier molecular flexibility index (Phi) is 3.66. The molecule has 21 heavy (non-hydrogen) atoms. The van der Waals surface area contributed by atoms with Gasteiger partial charge in [0, 0.05) is 5.56 Å². The predicted molar refractivity (Wildman–Crippen MR) is 70.8 cm³/mol. The summed E-state index contributed by atoms with van der Waals surface area (Å²) in [5, 5.41) is 13.0. The zero-order valence-corrected chi connectivity index (χ0v) is 11.2. The predicted octanol–water partition coefficient (Wildman–Crippen LogP) is 1.92. The van der Waals surface area contributed by atoms with E-state index in [0.29, 0.717) is 36.8 Å². The second-order valence-corrected chi connectivity index (χ2v) is 4.99. The molecule has 0 spiro atoms. The molecule has 1 aromatic carbocycles. The lowest BCUT2D eigenvalue weighted by Gasteiger charge is -2.18. The summed E-state index contributed by atoms with van der Waals surface area (Å²) >= 11 is 0. The molecule has 0 radical (unpaired) electrons. The van der Waals surface area contributed by atoms with Gasteiger partial charge in [-0.15, -0.1) is 0 Å². The maximum absolute atomic E-state index is 12.9. The number of hydrogen-bond acceptors (Lipinski definition) is 5. The minimum absolute atomic E-state index is 0.311. The van der Waals surface area contributed by atoms with E-state index in [1.165, 1.54) is 12.1 Å². The molecule has 1 fully saturated rings. The minimum atomic E-state index is -0.828. The van der Waals surface area contributed by atoms with Crippen LogP contribution in [0.4, 0.5) is 4.39 Å². The van der Waals surface area contributed by atoms with Crippen molar-refractivity contribution in [2.45, 2.75) is 25.4 Å². The molecule has 3 rings (SSSR count). The number of aliphatic carboxylic acids is 1. The molecule has 6 nitrogen and oxygen atoms in total. The largest absolute Gasteiger partial charge is 0.480 e. The van der Waals surface area contributed by atoms with E-state index in [4.69, 9.17) is 9.63 Å². The highest BCUT2D eigenvalue weighted by molar-refractivity contribution is 5.73. The van der Waals surface area contributed by atoms with Crippen LogP contribution in [0.2, 0.25) is 0 Å². The number of benzene rings is 1. The zero-order valence-electron chi connectivity index (χ0n) is 11.2. The summed E-state index contributed by atoms with van der Waals surface area (Å²) < 4.78 is 18.0. The van der Waals surface area contributed by atoms with Crippen LogP contribution in [0.5, 0.6) is 0 Å². The number of hydrogen-bond donors (Lipinski definition) is 1. The van der Waals surface area contributed by atoms with E-state index in [1.54, 1.807) is 12.1 Å². The molecule has 0 aliphatic carbocycles. The first kappa shape index (κ1) is 13.7. The Balaban J connectivity index is 1.73. The second kappa shape index (κ2) is 5.61. The number of carbonyl (C=O) groups is 1. The third-order valence-electron chi connectivity index (χ3n) is 3.56. The van der Waals surface area contributed by atoms with Gasteiger partial charge < -0.3 is 9.63 Å². The fourth-order valence-corrected chi connectivity index (χ4v) is 2.50. The van der Waals surface area contributed by atoms with E-state index in [0.717, 1.165) is 6.42 Å². The normalized spacial score (nSPS) is 19.0. The number of likely N-dealkylation sites (tertiary alicyclic amines) is 1. The van der Waals surface area contributed by atoms with Gasteiger partial charge in [0.1, 0.15) is 11.9 Å². The summed E-state index contributed by atoms with van der Waals surface area (Å²) in [6, 6.07) is 5.30. The molecular formula is C14H14FN3O3. The van der Waals surface area contributed by atoms with Crippen molar-refractivity contribution >= 4 is 5.97 Å². The van der Waals surface area contributed by atoms with Gasteiger partial charge in [-0.3, -0.25) is 9.69 Å². The van der Waals surface area contributed by atoms with E-state index < -0.39 is 12.0 Å². The Labute approximate surface area is 120 Å². The van der Waals surface area contributed by atoms with Crippen LogP contribution in [0, 0.1) is 5.82 Å². The van der Waals surface area contributed by atoms with Gasteiger partial charge in [0.15, 0.2) is 0 Å². The maximum atomic E-state index is 12.9. The molecule has 0 bridgehead atoms. The van der Waals surface area contributed by atoms with Gasteiger partial charge in [0.25, 0.3) is 0 Å². The topological polar surface area (TPSA) is 79.5 Å². The van der Waals surface area contributed by atoms with E-state index >= 15 is 0 Å². The third kappa shape index (κ3) is 2.92. The van der Waals surface area contributed by atoms with Gasteiger partial charge >= 0.3 is 5.97 Å². The number of rotatable bonds is 4. The van der Waals surface area contributed by atoms with Crippen LogP contribution in [-0.4, -0.2) is 38.7 Å². The Morgan fingerprint density at radius 3 is 2.90 bits per heavy atom. The Morgan fingerprint density at radius 2 is 2.19 bits per heavy atom. The molecule has 0 saturated carbocycles. The lowest BCUT2D eigenvalue weighted by molar-refractivity contribution is -0.142.